The topological polar surface area (TPSA) is 73.1 Å². The lowest BCUT2D eigenvalue weighted by Gasteiger charge is -2.41. The number of hydrogen-bond acceptors (Lipinski definition) is 6. The van der Waals surface area contributed by atoms with Gasteiger partial charge < -0.3 is 9.64 Å². The fourth-order valence-corrected chi connectivity index (χ4v) is 3.26. The van der Waals surface area contributed by atoms with Gasteiger partial charge in [-0.15, -0.1) is 5.10 Å². The van der Waals surface area contributed by atoms with E-state index in [1.165, 1.54) is 23.7 Å². The second-order valence-electron chi connectivity index (χ2n) is 6.89. The molecule has 138 valence electrons. The van der Waals surface area contributed by atoms with Crippen molar-refractivity contribution in [2.75, 3.05) is 24.6 Å². The number of aromatic nitrogens is 4. The van der Waals surface area contributed by atoms with Gasteiger partial charge >= 0.3 is 5.97 Å². The van der Waals surface area contributed by atoms with Crippen LogP contribution in [0.25, 0.3) is 0 Å². The van der Waals surface area contributed by atoms with Gasteiger partial charge in [-0.2, -0.15) is 0 Å². The third-order valence-corrected chi connectivity index (χ3v) is 4.89. The van der Waals surface area contributed by atoms with Crippen LogP contribution < -0.4 is 4.90 Å². The predicted octanol–water partition coefficient (Wildman–Crippen LogP) is 2.44. The van der Waals surface area contributed by atoms with Crippen LogP contribution in [-0.2, 0) is 11.3 Å². The zero-order valence-corrected chi connectivity index (χ0v) is 14.4. The van der Waals surface area contributed by atoms with Gasteiger partial charge in [0.05, 0.1) is 19.3 Å². The summed E-state index contributed by atoms with van der Waals surface area (Å²) in [7, 11) is 0. The summed E-state index contributed by atoms with van der Waals surface area (Å²) in [5, 5.41) is 7.53. The molecule has 0 amide bonds. The Morgan fingerprint density at radius 1 is 1.35 bits per heavy atom. The van der Waals surface area contributed by atoms with Crippen molar-refractivity contribution in [3.8, 4) is 0 Å². The van der Waals surface area contributed by atoms with Crippen molar-refractivity contribution < 1.29 is 18.3 Å². The molecule has 1 spiro atoms. The molecule has 1 saturated carbocycles. The minimum Gasteiger partial charge on any atom is -0.461 e. The van der Waals surface area contributed by atoms with Gasteiger partial charge in [0, 0.05) is 24.1 Å². The van der Waals surface area contributed by atoms with E-state index in [2.05, 4.69) is 15.3 Å². The van der Waals surface area contributed by atoms with Crippen LogP contribution in [0.4, 0.5) is 14.6 Å². The van der Waals surface area contributed by atoms with Crippen LogP contribution in [0.15, 0.2) is 18.3 Å². The molecule has 7 nitrogen and oxygen atoms in total. The number of pyridine rings is 1. The van der Waals surface area contributed by atoms with Gasteiger partial charge in [-0.3, -0.25) is 0 Å². The number of hydrogen-bond donors (Lipinski definition) is 0. The number of esters is 1. The largest absolute Gasteiger partial charge is 0.461 e. The minimum absolute atomic E-state index is 0.0466. The maximum atomic E-state index is 13.5. The molecule has 2 aromatic heterocycles. The van der Waals surface area contributed by atoms with Gasteiger partial charge in [-0.25, -0.2) is 23.2 Å². The molecule has 0 aromatic carbocycles. The van der Waals surface area contributed by atoms with Gasteiger partial charge in [0.25, 0.3) is 6.43 Å². The van der Waals surface area contributed by atoms with Gasteiger partial charge in [-0.05, 0) is 25.8 Å². The maximum Gasteiger partial charge on any atom is 0.360 e. The molecule has 0 bridgehead atoms. The van der Waals surface area contributed by atoms with Gasteiger partial charge in [0.15, 0.2) is 5.69 Å². The Kier molecular flexibility index (Phi) is 4.08. The molecule has 4 rings (SSSR count). The zero-order valence-electron chi connectivity index (χ0n) is 14.4. The Balaban J connectivity index is 1.51. The number of rotatable bonds is 6. The van der Waals surface area contributed by atoms with Gasteiger partial charge in [0.2, 0.25) is 0 Å². The Bertz CT molecular complexity index is 826. The highest BCUT2D eigenvalue weighted by Crippen LogP contribution is 2.53. The number of anilines is 1. The van der Waals surface area contributed by atoms with Crippen molar-refractivity contribution >= 4 is 11.8 Å². The lowest BCUT2D eigenvalue weighted by atomic mass is 9.97. The molecule has 26 heavy (non-hydrogen) atoms. The van der Waals surface area contributed by atoms with E-state index in [9.17, 15) is 13.6 Å². The first-order chi connectivity index (χ1) is 12.5. The average Bonchev–Trinajstić information content (AvgIpc) is 3.26. The summed E-state index contributed by atoms with van der Waals surface area (Å²) in [6.45, 7) is 3.77. The fraction of sp³-hybridized carbons (Fsp3) is 0.529. The molecule has 0 atom stereocenters. The Morgan fingerprint density at radius 2 is 2.12 bits per heavy atom. The second-order valence-corrected chi connectivity index (χ2v) is 6.89. The summed E-state index contributed by atoms with van der Waals surface area (Å²) in [6, 6.07) is 3.41. The van der Waals surface area contributed by atoms with Crippen LogP contribution in [0.5, 0.6) is 0 Å². The van der Waals surface area contributed by atoms with Crippen LogP contribution in [0.3, 0.4) is 0 Å². The third-order valence-electron chi connectivity index (χ3n) is 4.89. The molecular formula is C17H19F2N5O2. The molecule has 2 aromatic rings. The lowest BCUT2D eigenvalue weighted by molar-refractivity contribution is 0.0519. The standard InChI is InChI=1S/C17H19F2N5O2/c1-2-26-16(25)12-8-24(22-21-12)7-11-3-4-13(20-14(11)15(18)19)23-9-17(10-23)5-6-17/h3-4,8,15H,2,5-7,9-10H2,1H3. The first kappa shape index (κ1) is 16.9. The molecule has 0 unspecified atom stereocenters. The van der Waals surface area contributed by atoms with E-state index in [-0.39, 0.29) is 24.5 Å². The smallest absolute Gasteiger partial charge is 0.360 e. The van der Waals surface area contributed by atoms with E-state index >= 15 is 0 Å². The molecule has 0 N–H and O–H groups in total. The summed E-state index contributed by atoms with van der Waals surface area (Å²) in [6.07, 6.45) is 1.14. The normalized spacial score (nSPS) is 17.5. The minimum atomic E-state index is -2.69. The summed E-state index contributed by atoms with van der Waals surface area (Å²) >= 11 is 0. The maximum absolute atomic E-state index is 13.5. The first-order valence-electron chi connectivity index (χ1n) is 8.60. The molecule has 2 fully saturated rings. The molecule has 1 aliphatic carbocycles. The van der Waals surface area contributed by atoms with E-state index in [0.717, 1.165) is 13.1 Å². The monoisotopic (exact) mass is 363 g/mol. The van der Waals surface area contributed by atoms with E-state index < -0.39 is 12.4 Å². The predicted molar refractivity (Wildman–Crippen MR) is 88.2 cm³/mol. The van der Waals surface area contributed by atoms with Crippen molar-refractivity contribution in [2.24, 2.45) is 5.41 Å². The van der Waals surface area contributed by atoms with Crippen molar-refractivity contribution in [3.05, 3.63) is 35.3 Å². The number of ether oxygens (including phenoxy) is 1. The van der Waals surface area contributed by atoms with Crippen molar-refractivity contribution in [1.29, 1.82) is 0 Å². The van der Waals surface area contributed by atoms with Crippen molar-refractivity contribution in [1.82, 2.24) is 20.0 Å². The van der Waals surface area contributed by atoms with Crippen LogP contribution >= 0.6 is 0 Å². The van der Waals surface area contributed by atoms with Crippen LogP contribution in [-0.4, -0.2) is 45.6 Å². The lowest BCUT2D eigenvalue weighted by Crippen LogP contribution is -2.49. The highest BCUT2D eigenvalue weighted by Gasteiger charge is 2.52. The Labute approximate surface area is 149 Å². The van der Waals surface area contributed by atoms with E-state index in [1.54, 1.807) is 19.1 Å². The third kappa shape index (κ3) is 3.13. The molecule has 0 radical (unpaired) electrons. The quantitative estimate of drug-likeness (QED) is 0.734. The number of nitrogens with zero attached hydrogens (tertiary/aromatic N) is 5. The summed E-state index contributed by atoms with van der Waals surface area (Å²) in [5.74, 6) is 0.000437. The Hall–Kier alpha value is -2.58. The first-order valence-corrected chi connectivity index (χ1v) is 8.60. The van der Waals surface area contributed by atoms with Crippen molar-refractivity contribution in [3.63, 3.8) is 0 Å². The molecule has 9 heteroatoms. The number of alkyl halides is 2. The second kappa shape index (κ2) is 6.30. The van der Waals surface area contributed by atoms with Crippen LogP contribution in [0.2, 0.25) is 0 Å². The molecule has 3 heterocycles. The Morgan fingerprint density at radius 3 is 2.77 bits per heavy atom. The SMILES string of the molecule is CCOC(=O)c1cn(Cc2ccc(N3CC4(CC4)C3)nc2C(F)F)nn1. The van der Waals surface area contributed by atoms with Crippen molar-refractivity contribution in [2.45, 2.75) is 32.7 Å². The van der Waals surface area contributed by atoms with Crippen LogP contribution in [0.1, 0.15) is 47.9 Å². The number of carbonyl (C=O) groups excluding carboxylic acids is 1. The summed E-state index contributed by atoms with van der Waals surface area (Å²) in [5.41, 5.74) is 0.568. The molecule has 1 aliphatic heterocycles. The van der Waals surface area contributed by atoms with E-state index in [0.29, 0.717) is 16.8 Å². The zero-order chi connectivity index (χ0) is 18.3. The molecule has 2 aliphatic rings. The average molecular weight is 363 g/mol. The summed E-state index contributed by atoms with van der Waals surface area (Å²) < 4.78 is 33.2. The van der Waals surface area contributed by atoms with Gasteiger partial charge in [0.1, 0.15) is 11.5 Å². The summed E-state index contributed by atoms with van der Waals surface area (Å²) in [4.78, 5) is 17.8. The fourth-order valence-electron chi connectivity index (χ4n) is 3.26. The molecule has 1 saturated heterocycles. The highest BCUT2D eigenvalue weighted by molar-refractivity contribution is 5.86. The van der Waals surface area contributed by atoms with E-state index in [1.807, 2.05) is 4.90 Å². The molecular weight excluding hydrogens is 344 g/mol. The number of halogens is 2. The van der Waals surface area contributed by atoms with Crippen LogP contribution in [0, 0.1) is 5.41 Å². The van der Waals surface area contributed by atoms with Gasteiger partial charge in [-0.1, -0.05) is 11.3 Å². The highest BCUT2D eigenvalue weighted by atomic mass is 19.3. The number of carbonyl (C=O) groups is 1. The van der Waals surface area contributed by atoms with E-state index in [4.69, 9.17) is 4.74 Å².